The summed E-state index contributed by atoms with van der Waals surface area (Å²) in [5, 5.41) is 3.28. The van der Waals surface area contributed by atoms with Crippen LogP contribution in [-0.2, 0) is 4.74 Å². The second-order valence-electron chi connectivity index (χ2n) is 4.40. The highest BCUT2D eigenvalue weighted by Gasteiger charge is 2.09. The van der Waals surface area contributed by atoms with Crippen LogP contribution in [0.15, 0.2) is 24.3 Å². The molecule has 0 bridgehead atoms. The number of hydrogen-bond acceptors (Lipinski definition) is 3. The van der Waals surface area contributed by atoms with Crippen LogP contribution in [0.2, 0.25) is 0 Å². The predicted octanol–water partition coefficient (Wildman–Crippen LogP) is 3.16. The Bertz CT molecular complexity index is 311. The molecule has 0 heterocycles. The Morgan fingerprint density at radius 1 is 1.17 bits per heavy atom. The molecule has 1 N–H and O–H groups in total. The molecule has 0 aromatic heterocycles. The molecular formula is C15H25NO2. The third kappa shape index (κ3) is 5.07. The largest absolute Gasteiger partial charge is 0.497 e. The van der Waals surface area contributed by atoms with Crippen LogP contribution < -0.4 is 10.1 Å². The summed E-state index contributed by atoms with van der Waals surface area (Å²) in [5.74, 6) is 0.887. The molecule has 0 fully saturated rings. The topological polar surface area (TPSA) is 30.5 Å². The zero-order chi connectivity index (χ0) is 13.2. The molecule has 0 aliphatic carbocycles. The van der Waals surface area contributed by atoms with Crippen molar-refractivity contribution in [3.05, 3.63) is 29.8 Å². The van der Waals surface area contributed by atoms with E-state index in [-0.39, 0.29) is 6.04 Å². The first-order valence-electron chi connectivity index (χ1n) is 6.70. The average Bonchev–Trinajstić information content (AvgIpc) is 2.43. The van der Waals surface area contributed by atoms with Gasteiger partial charge in [-0.1, -0.05) is 31.9 Å². The van der Waals surface area contributed by atoms with Crippen molar-refractivity contribution in [2.24, 2.45) is 0 Å². The smallest absolute Gasteiger partial charge is 0.118 e. The summed E-state index contributed by atoms with van der Waals surface area (Å²) in [6, 6.07) is 8.37. The van der Waals surface area contributed by atoms with Crippen LogP contribution in [0, 0.1) is 0 Å². The van der Waals surface area contributed by atoms with E-state index in [0.717, 1.165) is 18.8 Å². The van der Waals surface area contributed by atoms with E-state index in [1.807, 2.05) is 19.2 Å². The number of benzene rings is 1. The van der Waals surface area contributed by atoms with Crippen molar-refractivity contribution in [1.29, 1.82) is 0 Å². The van der Waals surface area contributed by atoms with Gasteiger partial charge in [-0.25, -0.2) is 0 Å². The quantitative estimate of drug-likeness (QED) is 0.684. The van der Waals surface area contributed by atoms with E-state index in [2.05, 4.69) is 24.4 Å². The van der Waals surface area contributed by atoms with Gasteiger partial charge in [0.2, 0.25) is 0 Å². The zero-order valence-corrected chi connectivity index (χ0v) is 11.7. The summed E-state index contributed by atoms with van der Waals surface area (Å²) >= 11 is 0. The van der Waals surface area contributed by atoms with E-state index in [9.17, 15) is 0 Å². The highest BCUT2D eigenvalue weighted by atomic mass is 16.5. The Kier molecular flexibility index (Phi) is 7.46. The van der Waals surface area contributed by atoms with Crippen LogP contribution in [-0.4, -0.2) is 27.4 Å². The molecule has 1 rings (SSSR count). The lowest BCUT2D eigenvalue weighted by molar-refractivity contribution is 0.110. The lowest BCUT2D eigenvalue weighted by Gasteiger charge is -2.17. The van der Waals surface area contributed by atoms with Gasteiger partial charge in [0.25, 0.3) is 0 Å². The molecule has 0 amide bonds. The van der Waals surface area contributed by atoms with Crippen molar-refractivity contribution >= 4 is 0 Å². The molecule has 0 aliphatic heterocycles. The lowest BCUT2D eigenvalue weighted by atomic mass is 10.1. The normalized spacial score (nSPS) is 12.4. The number of rotatable bonds is 9. The maximum absolute atomic E-state index is 5.71. The number of methoxy groups -OCH3 is 1. The maximum atomic E-state index is 5.71. The minimum Gasteiger partial charge on any atom is -0.497 e. The predicted molar refractivity (Wildman–Crippen MR) is 75.1 cm³/mol. The number of nitrogens with one attached hydrogen (secondary N) is 1. The Hall–Kier alpha value is -1.06. The Morgan fingerprint density at radius 2 is 1.89 bits per heavy atom. The number of ether oxygens (including phenoxy) is 2. The first kappa shape index (κ1) is 15.0. The molecule has 0 saturated heterocycles. The maximum Gasteiger partial charge on any atom is 0.118 e. The number of likely N-dealkylation sites (N-methyl/N-ethyl adjacent to an activating group) is 1. The van der Waals surface area contributed by atoms with Crippen LogP contribution in [0.3, 0.4) is 0 Å². The standard InChI is InChI=1S/C15H25NO2/c1-4-5-6-11-18-12-15(16-2)13-7-9-14(17-3)10-8-13/h7-10,15-16H,4-6,11-12H2,1-3H3. The van der Waals surface area contributed by atoms with Gasteiger partial charge in [0.15, 0.2) is 0 Å². The van der Waals surface area contributed by atoms with E-state index in [1.54, 1.807) is 7.11 Å². The zero-order valence-electron chi connectivity index (χ0n) is 11.7. The molecule has 1 atom stereocenters. The molecule has 1 aromatic rings. The summed E-state index contributed by atoms with van der Waals surface area (Å²) < 4.78 is 10.9. The molecule has 3 heteroatoms. The van der Waals surface area contributed by atoms with E-state index >= 15 is 0 Å². The van der Waals surface area contributed by atoms with Gasteiger partial charge >= 0.3 is 0 Å². The average molecular weight is 251 g/mol. The molecule has 0 spiro atoms. The van der Waals surface area contributed by atoms with Crippen LogP contribution in [0.25, 0.3) is 0 Å². The van der Waals surface area contributed by atoms with Gasteiger partial charge in [0.1, 0.15) is 5.75 Å². The second kappa shape index (κ2) is 8.95. The van der Waals surface area contributed by atoms with Crippen LogP contribution in [0.4, 0.5) is 0 Å². The monoisotopic (exact) mass is 251 g/mol. The fraction of sp³-hybridized carbons (Fsp3) is 0.600. The molecular weight excluding hydrogens is 226 g/mol. The molecule has 0 saturated carbocycles. The summed E-state index contributed by atoms with van der Waals surface area (Å²) in [6.45, 7) is 3.77. The lowest BCUT2D eigenvalue weighted by Crippen LogP contribution is -2.22. The molecule has 0 aliphatic rings. The van der Waals surface area contributed by atoms with Crippen molar-refractivity contribution in [1.82, 2.24) is 5.32 Å². The van der Waals surface area contributed by atoms with Gasteiger partial charge in [0, 0.05) is 6.61 Å². The summed E-state index contributed by atoms with van der Waals surface area (Å²) in [5.41, 5.74) is 1.23. The second-order valence-corrected chi connectivity index (χ2v) is 4.40. The summed E-state index contributed by atoms with van der Waals surface area (Å²) in [7, 11) is 3.64. The van der Waals surface area contributed by atoms with Crippen LogP contribution in [0.1, 0.15) is 37.8 Å². The Labute approximate surface area is 110 Å². The van der Waals surface area contributed by atoms with Gasteiger partial charge in [-0.05, 0) is 31.2 Å². The first-order valence-corrected chi connectivity index (χ1v) is 6.70. The molecule has 3 nitrogen and oxygen atoms in total. The number of hydrogen-bond donors (Lipinski definition) is 1. The SMILES string of the molecule is CCCCCOCC(NC)c1ccc(OC)cc1. The van der Waals surface area contributed by atoms with Gasteiger partial charge in [-0.2, -0.15) is 0 Å². The van der Waals surface area contributed by atoms with Crippen molar-refractivity contribution in [3.63, 3.8) is 0 Å². The van der Waals surface area contributed by atoms with Gasteiger partial charge in [-0.3, -0.25) is 0 Å². The highest BCUT2D eigenvalue weighted by molar-refractivity contribution is 5.29. The third-order valence-corrected chi connectivity index (χ3v) is 3.04. The van der Waals surface area contributed by atoms with Crippen LogP contribution in [0.5, 0.6) is 5.75 Å². The van der Waals surface area contributed by atoms with Crippen molar-refractivity contribution in [2.45, 2.75) is 32.2 Å². The minimum atomic E-state index is 0.248. The molecule has 0 radical (unpaired) electrons. The fourth-order valence-electron chi connectivity index (χ4n) is 1.84. The van der Waals surface area contributed by atoms with Gasteiger partial charge in [-0.15, -0.1) is 0 Å². The molecule has 1 unspecified atom stereocenters. The summed E-state index contributed by atoms with van der Waals surface area (Å²) in [6.07, 6.45) is 3.62. The minimum absolute atomic E-state index is 0.248. The van der Waals surface area contributed by atoms with Gasteiger partial charge in [0.05, 0.1) is 19.8 Å². The van der Waals surface area contributed by atoms with Crippen molar-refractivity contribution in [3.8, 4) is 5.75 Å². The van der Waals surface area contributed by atoms with E-state index < -0.39 is 0 Å². The number of unbranched alkanes of at least 4 members (excludes halogenated alkanes) is 2. The fourth-order valence-corrected chi connectivity index (χ4v) is 1.84. The van der Waals surface area contributed by atoms with Crippen molar-refractivity contribution < 1.29 is 9.47 Å². The van der Waals surface area contributed by atoms with Crippen LogP contribution >= 0.6 is 0 Å². The Morgan fingerprint density at radius 3 is 2.44 bits per heavy atom. The molecule has 18 heavy (non-hydrogen) atoms. The third-order valence-electron chi connectivity index (χ3n) is 3.04. The van der Waals surface area contributed by atoms with E-state index in [4.69, 9.17) is 9.47 Å². The summed E-state index contributed by atoms with van der Waals surface area (Å²) in [4.78, 5) is 0. The molecule has 1 aromatic carbocycles. The van der Waals surface area contributed by atoms with E-state index in [0.29, 0.717) is 6.61 Å². The van der Waals surface area contributed by atoms with Gasteiger partial charge < -0.3 is 14.8 Å². The van der Waals surface area contributed by atoms with Crippen molar-refractivity contribution in [2.75, 3.05) is 27.4 Å². The Balaban J connectivity index is 2.39. The first-order chi connectivity index (χ1) is 8.81. The highest BCUT2D eigenvalue weighted by Crippen LogP contribution is 2.17. The molecule has 102 valence electrons. The van der Waals surface area contributed by atoms with E-state index in [1.165, 1.54) is 18.4 Å².